The SMILES string of the molecule is CCNC(=NCc1cc(C(C)C)no1)NCC1(c2ccccc2)CCOCC1. The second kappa shape index (κ2) is 9.73. The lowest BCUT2D eigenvalue weighted by Gasteiger charge is -2.38. The molecule has 0 spiro atoms. The molecule has 0 aliphatic carbocycles. The Morgan fingerprint density at radius 1 is 1.18 bits per heavy atom. The largest absolute Gasteiger partial charge is 0.381 e. The Morgan fingerprint density at radius 3 is 2.57 bits per heavy atom. The highest BCUT2D eigenvalue weighted by Gasteiger charge is 2.34. The van der Waals surface area contributed by atoms with Crippen molar-refractivity contribution in [3.05, 3.63) is 53.4 Å². The normalized spacial score (nSPS) is 16.9. The second-order valence-corrected chi connectivity index (χ2v) is 7.68. The molecule has 6 heteroatoms. The van der Waals surface area contributed by atoms with E-state index in [-0.39, 0.29) is 5.41 Å². The highest BCUT2D eigenvalue weighted by Crippen LogP contribution is 2.34. The number of nitrogens with zero attached hydrogens (tertiary/aromatic N) is 2. The molecule has 1 aliphatic rings. The van der Waals surface area contributed by atoms with Gasteiger partial charge in [0, 0.05) is 37.8 Å². The summed E-state index contributed by atoms with van der Waals surface area (Å²) in [7, 11) is 0. The van der Waals surface area contributed by atoms with Gasteiger partial charge in [0.05, 0.1) is 5.69 Å². The zero-order valence-corrected chi connectivity index (χ0v) is 17.2. The summed E-state index contributed by atoms with van der Waals surface area (Å²) in [6.45, 7) is 9.96. The van der Waals surface area contributed by atoms with Crippen molar-refractivity contribution in [2.75, 3.05) is 26.3 Å². The molecule has 28 heavy (non-hydrogen) atoms. The molecule has 1 fully saturated rings. The van der Waals surface area contributed by atoms with Crippen LogP contribution in [0.3, 0.4) is 0 Å². The maximum atomic E-state index is 5.63. The molecule has 1 saturated heterocycles. The Hall–Kier alpha value is -2.34. The summed E-state index contributed by atoms with van der Waals surface area (Å²) in [4.78, 5) is 4.69. The Morgan fingerprint density at radius 2 is 1.93 bits per heavy atom. The van der Waals surface area contributed by atoms with Crippen LogP contribution in [0.1, 0.15) is 56.5 Å². The number of hydrogen-bond donors (Lipinski definition) is 2. The van der Waals surface area contributed by atoms with Gasteiger partial charge in [-0.1, -0.05) is 49.3 Å². The molecule has 0 unspecified atom stereocenters. The molecule has 0 amide bonds. The predicted octanol–water partition coefficient (Wildman–Crippen LogP) is 3.60. The van der Waals surface area contributed by atoms with Gasteiger partial charge in [-0.25, -0.2) is 4.99 Å². The predicted molar refractivity (Wildman–Crippen MR) is 112 cm³/mol. The lowest BCUT2D eigenvalue weighted by molar-refractivity contribution is 0.0514. The van der Waals surface area contributed by atoms with Crippen LogP contribution < -0.4 is 10.6 Å². The third-order valence-corrected chi connectivity index (χ3v) is 5.34. The zero-order valence-electron chi connectivity index (χ0n) is 17.2. The number of nitrogens with one attached hydrogen (secondary N) is 2. The van der Waals surface area contributed by atoms with Gasteiger partial charge >= 0.3 is 0 Å². The number of benzene rings is 1. The first-order valence-corrected chi connectivity index (χ1v) is 10.2. The summed E-state index contributed by atoms with van der Waals surface area (Å²) in [5.41, 5.74) is 2.39. The van der Waals surface area contributed by atoms with E-state index in [0.717, 1.165) is 56.6 Å². The van der Waals surface area contributed by atoms with E-state index in [1.54, 1.807) is 0 Å². The van der Waals surface area contributed by atoms with E-state index in [1.165, 1.54) is 5.56 Å². The zero-order chi connectivity index (χ0) is 19.8. The van der Waals surface area contributed by atoms with Gasteiger partial charge in [0.15, 0.2) is 11.7 Å². The minimum absolute atomic E-state index is 0.0623. The van der Waals surface area contributed by atoms with Crippen molar-refractivity contribution in [3.63, 3.8) is 0 Å². The van der Waals surface area contributed by atoms with Crippen LogP contribution in [0.15, 0.2) is 45.9 Å². The van der Waals surface area contributed by atoms with Gasteiger partial charge in [-0.05, 0) is 31.2 Å². The van der Waals surface area contributed by atoms with E-state index in [9.17, 15) is 0 Å². The van der Waals surface area contributed by atoms with Crippen LogP contribution in [0.5, 0.6) is 0 Å². The topological polar surface area (TPSA) is 71.7 Å². The number of guanidine groups is 1. The first-order valence-electron chi connectivity index (χ1n) is 10.2. The van der Waals surface area contributed by atoms with Gasteiger partial charge in [0.2, 0.25) is 0 Å². The van der Waals surface area contributed by atoms with Crippen molar-refractivity contribution in [1.29, 1.82) is 0 Å². The van der Waals surface area contributed by atoms with E-state index in [1.807, 2.05) is 6.07 Å². The lowest BCUT2D eigenvalue weighted by Crippen LogP contribution is -2.48. The molecule has 1 aromatic heterocycles. The smallest absolute Gasteiger partial charge is 0.191 e. The molecule has 0 bridgehead atoms. The molecular weight excluding hydrogens is 352 g/mol. The summed E-state index contributed by atoms with van der Waals surface area (Å²) in [6, 6.07) is 12.7. The quantitative estimate of drug-likeness (QED) is 0.564. The van der Waals surface area contributed by atoms with Crippen LogP contribution in [-0.2, 0) is 16.7 Å². The van der Waals surface area contributed by atoms with Crippen LogP contribution in [0.2, 0.25) is 0 Å². The monoisotopic (exact) mass is 384 g/mol. The Kier molecular flexibility index (Phi) is 7.09. The highest BCUT2D eigenvalue weighted by molar-refractivity contribution is 5.79. The highest BCUT2D eigenvalue weighted by atomic mass is 16.5. The summed E-state index contributed by atoms with van der Waals surface area (Å²) >= 11 is 0. The van der Waals surface area contributed by atoms with Crippen LogP contribution in [0.25, 0.3) is 0 Å². The number of aromatic nitrogens is 1. The molecule has 2 heterocycles. The maximum absolute atomic E-state index is 5.63. The molecule has 2 aromatic rings. The molecule has 6 nitrogen and oxygen atoms in total. The van der Waals surface area contributed by atoms with Crippen molar-refractivity contribution in [3.8, 4) is 0 Å². The minimum Gasteiger partial charge on any atom is -0.381 e. The van der Waals surface area contributed by atoms with E-state index in [0.29, 0.717) is 12.5 Å². The fourth-order valence-corrected chi connectivity index (χ4v) is 3.55. The van der Waals surface area contributed by atoms with Crippen LogP contribution in [0.4, 0.5) is 0 Å². The fraction of sp³-hybridized carbons (Fsp3) is 0.545. The lowest BCUT2D eigenvalue weighted by atomic mass is 9.74. The summed E-state index contributed by atoms with van der Waals surface area (Å²) in [5, 5.41) is 11.0. The van der Waals surface area contributed by atoms with Crippen LogP contribution >= 0.6 is 0 Å². The van der Waals surface area contributed by atoms with Crippen molar-refractivity contribution in [2.45, 2.75) is 51.5 Å². The Balaban J connectivity index is 1.69. The van der Waals surface area contributed by atoms with E-state index in [2.05, 4.69) is 66.9 Å². The van der Waals surface area contributed by atoms with E-state index in [4.69, 9.17) is 14.3 Å². The molecule has 0 atom stereocenters. The maximum Gasteiger partial charge on any atom is 0.191 e. The van der Waals surface area contributed by atoms with Gasteiger partial charge < -0.3 is 19.9 Å². The van der Waals surface area contributed by atoms with Crippen molar-refractivity contribution < 1.29 is 9.26 Å². The third-order valence-electron chi connectivity index (χ3n) is 5.34. The van der Waals surface area contributed by atoms with Crippen LogP contribution in [0, 0.1) is 0 Å². The molecule has 1 aromatic carbocycles. The average molecular weight is 385 g/mol. The molecule has 0 radical (unpaired) electrons. The minimum atomic E-state index is 0.0623. The molecular formula is C22H32N4O2. The molecule has 152 valence electrons. The summed E-state index contributed by atoms with van der Waals surface area (Å²) < 4.78 is 11.0. The Bertz CT molecular complexity index is 749. The molecule has 2 N–H and O–H groups in total. The van der Waals surface area contributed by atoms with Crippen molar-refractivity contribution >= 4 is 5.96 Å². The van der Waals surface area contributed by atoms with Gasteiger partial charge in [-0.3, -0.25) is 0 Å². The fourth-order valence-electron chi connectivity index (χ4n) is 3.55. The number of hydrogen-bond acceptors (Lipinski definition) is 4. The Labute approximate surface area is 167 Å². The molecule has 3 rings (SSSR count). The first kappa shape index (κ1) is 20.4. The summed E-state index contributed by atoms with van der Waals surface area (Å²) in [6.07, 6.45) is 2.01. The number of ether oxygens (including phenoxy) is 1. The second-order valence-electron chi connectivity index (χ2n) is 7.68. The van der Waals surface area contributed by atoms with Crippen molar-refractivity contribution in [1.82, 2.24) is 15.8 Å². The van der Waals surface area contributed by atoms with Crippen LogP contribution in [-0.4, -0.2) is 37.4 Å². The van der Waals surface area contributed by atoms with Crippen molar-refractivity contribution in [2.24, 2.45) is 4.99 Å². The third kappa shape index (κ3) is 5.13. The van der Waals surface area contributed by atoms with Gasteiger partial charge in [-0.2, -0.15) is 0 Å². The molecule has 0 saturated carbocycles. The number of rotatable bonds is 7. The van der Waals surface area contributed by atoms with E-state index >= 15 is 0 Å². The number of aliphatic imine (C=N–C) groups is 1. The summed E-state index contributed by atoms with van der Waals surface area (Å²) in [5.74, 6) is 1.93. The van der Waals surface area contributed by atoms with E-state index < -0.39 is 0 Å². The standard InChI is InChI=1S/C22H32N4O2/c1-4-23-21(24-15-19-14-20(17(2)3)26-28-19)25-16-22(10-12-27-13-11-22)18-8-6-5-7-9-18/h5-9,14,17H,4,10-13,15-16H2,1-3H3,(H2,23,24,25). The van der Waals surface area contributed by atoms with Gasteiger partial charge in [0.25, 0.3) is 0 Å². The van der Waals surface area contributed by atoms with Gasteiger partial charge in [-0.15, -0.1) is 0 Å². The average Bonchev–Trinajstić information content (AvgIpc) is 3.21. The molecule has 1 aliphatic heterocycles. The first-order chi connectivity index (χ1) is 13.6. The van der Waals surface area contributed by atoms with Gasteiger partial charge in [0.1, 0.15) is 6.54 Å².